The first-order valence-electron chi connectivity index (χ1n) is 7.05. The number of aromatic nitrogens is 1. The molecule has 1 aromatic heterocycles. The molecule has 1 heterocycles. The summed E-state index contributed by atoms with van der Waals surface area (Å²) >= 11 is 0. The summed E-state index contributed by atoms with van der Waals surface area (Å²) in [5.74, 6) is -0.586. The van der Waals surface area contributed by atoms with Gasteiger partial charge in [0.2, 0.25) is 5.89 Å². The molecular weight excluding hydrogens is 268 g/mol. The van der Waals surface area contributed by atoms with Crippen molar-refractivity contribution in [2.75, 3.05) is 13.1 Å². The van der Waals surface area contributed by atoms with Crippen LogP contribution in [0.2, 0.25) is 0 Å². The second kappa shape index (κ2) is 7.04. The van der Waals surface area contributed by atoms with E-state index < -0.39 is 11.9 Å². The molecule has 0 aliphatic carbocycles. The van der Waals surface area contributed by atoms with Crippen LogP contribution < -0.4 is 0 Å². The van der Waals surface area contributed by atoms with Crippen LogP contribution >= 0.6 is 0 Å². The van der Waals surface area contributed by atoms with Crippen LogP contribution in [-0.2, 0) is 11.3 Å². The monoisotopic (exact) mass is 288 g/mol. The second-order valence-electron chi connectivity index (χ2n) is 5.08. The molecule has 0 saturated heterocycles. The van der Waals surface area contributed by atoms with Crippen molar-refractivity contribution in [2.45, 2.75) is 20.4 Å². The minimum absolute atomic E-state index is 0.398. The number of carbonyl (C=O) groups is 1. The van der Waals surface area contributed by atoms with Gasteiger partial charge in [0.1, 0.15) is 6.26 Å². The van der Waals surface area contributed by atoms with Gasteiger partial charge in [0.15, 0.2) is 0 Å². The number of benzene rings is 1. The van der Waals surface area contributed by atoms with Crippen LogP contribution in [0.1, 0.15) is 19.5 Å². The van der Waals surface area contributed by atoms with Crippen molar-refractivity contribution >= 4 is 5.97 Å². The molecule has 2 rings (SSSR count). The van der Waals surface area contributed by atoms with Gasteiger partial charge in [0.25, 0.3) is 0 Å². The first-order valence-corrected chi connectivity index (χ1v) is 7.05. The van der Waals surface area contributed by atoms with Gasteiger partial charge < -0.3 is 9.52 Å². The Hall–Kier alpha value is -2.14. The third kappa shape index (κ3) is 4.16. The Morgan fingerprint density at radius 3 is 2.71 bits per heavy atom. The average molecular weight is 288 g/mol. The molecule has 112 valence electrons. The zero-order valence-corrected chi connectivity index (χ0v) is 12.3. The molecule has 21 heavy (non-hydrogen) atoms. The summed E-state index contributed by atoms with van der Waals surface area (Å²) in [5.41, 5.74) is 1.75. The van der Waals surface area contributed by atoms with Crippen LogP contribution in [0.15, 0.2) is 41.0 Å². The number of carboxylic acids is 1. The van der Waals surface area contributed by atoms with Gasteiger partial charge in [-0.05, 0) is 18.7 Å². The highest BCUT2D eigenvalue weighted by molar-refractivity contribution is 5.69. The summed E-state index contributed by atoms with van der Waals surface area (Å²) in [6, 6.07) is 9.71. The van der Waals surface area contributed by atoms with Gasteiger partial charge >= 0.3 is 5.97 Å². The van der Waals surface area contributed by atoms with Crippen LogP contribution in [-0.4, -0.2) is 34.0 Å². The summed E-state index contributed by atoms with van der Waals surface area (Å²) in [7, 11) is 0. The van der Waals surface area contributed by atoms with Crippen LogP contribution in [0.5, 0.6) is 0 Å². The third-order valence-electron chi connectivity index (χ3n) is 3.36. The van der Waals surface area contributed by atoms with E-state index in [-0.39, 0.29) is 0 Å². The Bertz CT molecular complexity index is 580. The Morgan fingerprint density at radius 2 is 2.10 bits per heavy atom. The molecule has 0 saturated carbocycles. The third-order valence-corrected chi connectivity index (χ3v) is 3.36. The Balaban J connectivity index is 2.02. The second-order valence-corrected chi connectivity index (χ2v) is 5.08. The highest BCUT2D eigenvalue weighted by Crippen LogP contribution is 2.18. The molecule has 0 spiro atoms. The molecule has 0 fully saturated rings. The molecule has 1 unspecified atom stereocenters. The Morgan fingerprint density at radius 1 is 1.38 bits per heavy atom. The lowest BCUT2D eigenvalue weighted by Gasteiger charge is -2.21. The van der Waals surface area contributed by atoms with Gasteiger partial charge in [-0.25, -0.2) is 4.98 Å². The van der Waals surface area contributed by atoms with Crippen LogP contribution in [0, 0.1) is 5.92 Å². The maximum absolute atomic E-state index is 10.9. The van der Waals surface area contributed by atoms with Gasteiger partial charge in [0, 0.05) is 18.7 Å². The van der Waals surface area contributed by atoms with Crippen molar-refractivity contribution in [3.05, 3.63) is 42.3 Å². The minimum Gasteiger partial charge on any atom is -0.481 e. The molecule has 1 aromatic carbocycles. The normalized spacial score (nSPS) is 12.5. The smallest absolute Gasteiger partial charge is 0.307 e. The van der Waals surface area contributed by atoms with Crippen molar-refractivity contribution in [1.29, 1.82) is 0 Å². The molecule has 0 bridgehead atoms. The highest BCUT2D eigenvalue weighted by Gasteiger charge is 2.16. The molecule has 2 aromatic rings. The van der Waals surface area contributed by atoms with Gasteiger partial charge in [-0.2, -0.15) is 0 Å². The minimum atomic E-state index is -0.779. The van der Waals surface area contributed by atoms with Gasteiger partial charge in [-0.3, -0.25) is 9.69 Å². The maximum Gasteiger partial charge on any atom is 0.307 e. The molecule has 5 nitrogen and oxygen atoms in total. The van der Waals surface area contributed by atoms with E-state index in [1.165, 1.54) is 0 Å². The van der Waals surface area contributed by atoms with Crippen LogP contribution in [0.25, 0.3) is 11.5 Å². The van der Waals surface area contributed by atoms with Crippen molar-refractivity contribution in [3.63, 3.8) is 0 Å². The standard InChI is InChI=1S/C16H20N2O3/c1-3-18(9-12(2)16(19)20)10-14-11-21-15(17-14)13-7-5-4-6-8-13/h4-8,11-12H,3,9-10H2,1-2H3,(H,19,20). The number of rotatable bonds is 7. The van der Waals surface area contributed by atoms with E-state index >= 15 is 0 Å². The zero-order valence-electron chi connectivity index (χ0n) is 12.3. The van der Waals surface area contributed by atoms with E-state index in [0.717, 1.165) is 17.8 Å². The zero-order chi connectivity index (χ0) is 15.2. The van der Waals surface area contributed by atoms with Crippen LogP contribution in [0.3, 0.4) is 0 Å². The number of hydrogen-bond acceptors (Lipinski definition) is 4. The lowest BCUT2D eigenvalue weighted by Crippen LogP contribution is -2.31. The van der Waals surface area contributed by atoms with Gasteiger partial charge in [-0.15, -0.1) is 0 Å². The topological polar surface area (TPSA) is 66.6 Å². The Labute approximate surface area is 124 Å². The SMILES string of the molecule is CCN(Cc1coc(-c2ccccc2)n1)CC(C)C(=O)O. The van der Waals surface area contributed by atoms with E-state index in [9.17, 15) is 4.79 Å². The summed E-state index contributed by atoms with van der Waals surface area (Å²) in [6.45, 7) is 5.57. The fraction of sp³-hybridized carbons (Fsp3) is 0.375. The van der Waals surface area contributed by atoms with Crippen molar-refractivity contribution in [2.24, 2.45) is 5.92 Å². The molecule has 5 heteroatoms. The molecule has 0 aliphatic heterocycles. The molecule has 0 amide bonds. The van der Waals surface area contributed by atoms with E-state index in [4.69, 9.17) is 9.52 Å². The van der Waals surface area contributed by atoms with E-state index in [1.807, 2.05) is 42.2 Å². The summed E-state index contributed by atoms with van der Waals surface area (Å²) in [6.07, 6.45) is 1.64. The predicted octanol–water partition coefficient (Wildman–Crippen LogP) is 2.88. The molecule has 1 atom stereocenters. The first-order chi connectivity index (χ1) is 10.1. The van der Waals surface area contributed by atoms with E-state index in [1.54, 1.807) is 13.2 Å². The van der Waals surface area contributed by atoms with Crippen molar-refractivity contribution < 1.29 is 14.3 Å². The molecular formula is C16H20N2O3. The summed E-state index contributed by atoms with van der Waals surface area (Å²) in [4.78, 5) is 17.4. The first kappa shape index (κ1) is 15.3. The maximum atomic E-state index is 10.9. The molecule has 0 radical (unpaired) electrons. The van der Waals surface area contributed by atoms with E-state index in [2.05, 4.69) is 4.98 Å². The number of carboxylic acid groups (broad SMARTS) is 1. The van der Waals surface area contributed by atoms with Crippen LogP contribution in [0.4, 0.5) is 0 Å². The van der Waals surface area contributed by atoms with Gasteiger partial charge in [-0.1, -0.05) is 32.0 Å². The fourth-order valence-corrected chi connectivity index (χ4v) is 2.09. The highest BCUT2D eigenvalue weighted by atomic mass is 16.4. The number of hydrogen-bond donors (Lipinski definition) is 1. The fourth-order valence-electron chi connectivity index (χ4n) is 2.09. The lowest BCUT2D eigenvalue weighted by molar-refractivity contribution is -0.141. The Kier molecular flexibility index (Phi) is 5.11. The van der Waals surface area contributed by atoms with Gasteiger partial charge in [0.05, 0.1) is 11.6 Å². The van der Waals surface area contributed by atoms with Crippen molar-refractivity contribution in [1.82, 2.24) is 9.88 Å². The predicted molar refractivity (Wildman–Crippen MR) is 79.7 cm³/mol. The molecule has 0 aliphatic rings. The quantitative estimate of drug-likeness (QED) is 0.848. The summed E-state index contributed by atoms with van der Waals surface area (Å²) < 4.78 is 5.49. The van der Waals surface area contributed by atoms with Crippen molar-refractivity contribution in [3.8, 4) is 11.5 Å². The number of aliphatic carboxylic acids is 1. The summed E-state index contributed by atoms with van der Waals surface area (Å²) in [5, 5.41) is 8.98. The lowest BCUT2D eigenvalue weighted by atomic mass is 10.1. The average Bonchev–Trinajstić information content (AvgIpc) is 2.95. The number of nitrogens with zero attached hydrogens (tertiary/aromatic N) is 2. The molecule has 1 N–H and O–H groups in total. The van der Waals surface area contributed by atoms with E-state index in [0.29, 0.717) is 19.0 Å². The number of oxazole rings is 1. The largest absolute Gasteiger partial charge is 0.481 e.